The van der Waals surface area contributed by atoms with Gasteiger partial charge in [-0.1, -0.05) is 6.92 Å². The van der Waals surface area contributed by atoms with Crippen molar-refractivity contribution in [2.45, 2.75) is 13.3 Å². The zero-order valence-electron chi connectivity index (χ0n) is 4.22. The quantitative estimate of drug-likeness (QED) is 0.400. The molecule has 7 heavy (non-hydrogen) atoms. The second-order valence-electron chi connectivity index (χ2n) is 0.747. The van der Waals surface area contributed by atoms with E-state index in [1.165, 1.54) is 0 Å². The first kappa shape index (κ1) is 10.1. The van der Waals surface area contributed by atoms with Gasteiger partial charge in [-0.15, -0.1) is 0 Å². The third kappa shape index (κ3) is 24.3. The third-order valence-electron chi connectivity index (χ3n) is 0.302. The molecular formula is C3H8BO2P. The zero-order valence-corrected chi connectivity index (χ0v) is 5.37. The van der Waals surface area contributed by atoms with E-state index in [4.69, 9.17) is 5.11 Å². The van der Waals surface area contributed by atoms with Gasteiger partial charge >= 0.3 is 5.97 Å². The highest BCUT2D eigenvalue weighted by Crippen LogP contribution is 1.67. The predicted molar refractivity (Wildman–Crippen MR) is 33.4 cm³/mol. The van der Waals surface area contributed by atoms with Gasteiger partial charge in [0.1, 0.15) is 0 Å². The van der Waals surface area contributed by atoms with E-state index in [1.807, 2.05) is 9.12 Å². The van der Waals surface area contributed by atoms with E-state index in [9.17, 15) is 4.79 Å². The number of hydrogen-bond donors (Lipinski definition) is 1. The molecule has 0 aliphatic heterocycles. The molecule has 0 aromatic rings. The van der Waals surface area contributed by atoms with E-state index in [1.54, 1.807) is 6.92 Å². The molecule has 0 saturated carbocycles. The topological polar surface area (TPSA) is 37.3 Å². The monoisotopic (exact) mass is 118 g/mol. The second-order valence-corrected chi connectivity index (χ2v) is 0.747. The molecular weight excluding hydrogens is 110 g/mol. The van der Waals surface area contributed by atoms with Gasteiger partial charge in [-0.25, -0.2) is 0 Å². The highest BCUT2D eigenvalue weighted by molar-refractivity contribution is 7.49. The van der Waals surface area contributed by atoms with Crippen molar-refractivity contribution in [2.24, 2.45) is 0 Å². The molecule has 2 nitrogen and oxygen atoms in total. The Bertz CT molecular complexity index is 48.2. The highest BCUT2D eigenvalue weighted by Gasteiger charge is 1.80. The van der Waals surface area contributed by atoms with Crippen molar-refractivity contribution in [1.29, 1.82) is 0 Å². The maximum Gasteiger partial charge on any atom is 0.303 e. The van der Waals surface area contributed by atoms with Crippen LogP contribution in [0.25, 0.3) is 0 Å². The van der Waals surface area contributed by atoms with Crippen LogP contribution in [0.1, 0.15) is 13.3 Å². The van der Waals surface area contributed by atoms with Crippen molar-refractivity contribution in [2.75, 3.05) is 0 Å². The van der Waals surface area contributed by atoms with Gasteiger partial charge in [-0.2, -0.15) is 9.12 Å². The van der Waals surface area contributed by atoms with Crippen molar-refractivity contribution < 1.29 is 9.90 Å². The Morgan fingerprint density at radius 1 is 1.86 bits per heavy atom. The molecule has 0 aromatic carbocycles. The smallest absolute Gasteiger partial charge is 0.303 e. The Balaban J connectivity index is 0. The van der Waals surface area contributed by atoms with Crippen LogP contribution in [0.15, 0.2) is 0 Å². The lowest BCUT2D eigenvalue weighted by Crippen LogP contribution is -1.86. The van der Waals surface area contributed by atoms with Crippen LogP contribution in [-0.2, 0) is 4.79 Å². The molecule has 1 unspecified atom stereocenters. The number of rotatable bonds is 1. The maximum absolute atomic E-state index is 9.37. The predicted octanol–water partition coefficient (Wildman–Crippen LogP) is 0.426. The normalized spacial score (nSPS) is 6.00. The molecule has 0 amide bonds. The summed E-state index contributed by atoms with van der Waals surface area (Å²) >= 11 is 0. The van der Waals surface area contributed by atoms with Crippen LogP contribution < -0.4 is 0 Å². The summed E-state index contributed by atoms with van der Waals surface area (Å²) in [6, 6.07) is 0. The standard InChI is InChI=1S/C3H6O2.BH2P/c1-2-3(4)5;1-2/h2H2,1H3,(H,4,5);2H2. The fourth-order valence-corrected chi connectivity index (χ4v) is 0. The number of carboxylic acids is 1. The number of carboxylic acid groups (broad SMARTS) is 1. The molecule has 0 aromatic heterocycles. The number of carbonyl (C=O) groups is 1. The van der Waals surface area contributed by atoms with Gasteiger partial charge in [-0.3, -0.25) is 4.79 Å². The van der Waals surface area contributed by atoms with Gasteiger partial charge in [0.05, 0.1) is 7.57 Å². The van der Waals surface area contributed by atoms with Crippen molar-refractivity contribution >= 4 is 22.7 Å². The molecule has 0 rings (SSSR count). The van der Waals surface area contributed by atoms with Gasteiger partial charge in [0.25, 0.3) is 0 Å². The lowest BCUT2D eigenvalue weighted by atomic mass is 10.5. The van der Waals surface area contributed by atoms with Crippen molar-refractivity contribution in [3.05, 3.63) is 0 Å². The van der Waals surface area contributed by atoms with Crippen LogP contribution in [0.3, 0.4) is 0 Å². The third-order valence-corrected chi connectivity index (χ3v) is 0.302. The van der Waals surface area contributed by atoms with Crippen LogP contribution in [0.2, 0.25) is 0 Å². The number of aliphatic carboxylic acids is 1. The summed E-state index contributed by atoms with van der Waals surface area (Å²) in [5.74, 6) is -0.745. The Hall–Kier alpha value is -0.0351. The van der Waals surface area contributed by atoms with Crippen molar-refractivity contribution in [3.63, 3.8) is 0 Å². The van der Waals surface area contributed by atoms with Crippen LogP contribution in [0.4, 0.5) is 0 Å². The molecule has 0 saturated heterocycles. The molecule has 0 bridgehead atoms. The first-order valence-corrected chi connectivity index (χ1v) is 2.49. The van der Waals surface area contributed by atoms with E-state index in [0.29, 0.717) is 0 Å². The van der Waals surface area contributed by atoms with Gasteiger partial charge in [0.2, 0.25) is 0 Å². The molecule has 1 N–H and O–H groups in total. The molecule has 40 valence electrons. The molecule has 0 aliphatic carbocycles. The SMILES string of the molecule is CCC(=O)O.[B]P. The lowest BCUT2D eigenvalue weighted by molar-refractivity contribution is -0.136. The number of hydrogen-bond acceptors (Lipinski definition) is 1. The van der Waals surface area contributed by atoms with E-state index < -0.39 is 5.97 Å². The van der Waals surface area contributed by atoms with E-state index in [2.05, 4.69) is 7.57 Å². The fourth-order valence-electron chi connectivity index (χ4n) is 0. The average molecular weight is 118 g/mol. The summed E-state index contributed by atoms with van der Waals surface area (Å²) in [5, 5.41) is 7.72. The molecule has 4 heteroatoms. The summed E-state index contributed by atoms with van der Waals surface area (Å²) < 4.78 is 0. The van der Waals surface area contributed by atoms with E-state index in [-0.39, 0.29) is 6.42 Å². The molecule has 0 aliphatic rings. The summed E-state index contributed by atoms with van der Waals surface area (Å²) in [4.78, 5) is 9.37. The van der Waals surface area contributed by atoms with Crippen molar-refractivity contribution in [3.8, 4) is 0 Å². The van der Waals surface area contributed by atoms with Gasteiger partial charge in [0, 0.05) is 6.42 Å². The Kier molecular flexibility index (Phi) is 13.4. The van der Waals surface area contributed by atoms with Gasteiger partial charge < -0.3 is 5.11 Å². The zero-order chi connectivity index (χ0) is 6.28. The maximum atomic E-state index is 9.37. The minimum atomic E-state index is -0.745. The fraction of sp³-hybridized carbons (Fsp3) is 0.667. The Morgan fingerprint density at radius 2 is 2.00 bits per heavy atom. The Morgan fingerprint density at radius 3 is 2.00 bits per heavy atom. The minimum Gasteiger partial charge on any atom is -0.481 e. The summed E-state index contributed by atoms with van der Waals surface area (Å²) in [6.45, 7) is 1.60. The molecule has 1 atom stereocenters. The minimum absolute atomic E-state index is 0.222. The van der Waals surface area contributed by atoms with Crippen LogP contribution in [0, 0.1) is 0 Å². The van der Waals surface area contributed by atoms with Crippen molar-refractivity contribution in [1.82, 2.24) is 0 Å². The molecule has 2 radical (unpaired) electrons. The lowest BCUT2D eigenvalue weighted by Gasteiger charge is -1.71. The average Bonchev–Trinajstić information content (AvgIpc) is 1.73. The molecule has 0 spiro atoms. The summed E-state index contributed by atoms with van der Waals surface area (Å²) in [6.07, 6.45) is 0.222. The molecule has 0 heterocycles. The van der Waals surface area contributed by atoms with E-state index in [0.717, 1.165) is 0 Å². The van der Waals surface area contributed by atoms with Gasteiger partial charge in [-0.05, 0) is 0 Å². The summed E-state index contributed by atoms with van der Waals surface area (Å²) in [7, 11) is 6.33. The van der Waals surface area contributed by atoms with Gasteiger partial charge in [0.15, 0.2) is 0 Å². The first-order valence-electron chi connectivity index (χ1n) is 1.82. The summed E-state index contributed by atoms with van der Waals surface area (Å²) in [5.41, 5.74) is 0. The Labute approximate surface area is 46.9 Å². The highest BCUT2D eigenvalue weighted by atomic mass is 31.0. The van der Waals surface area contributed by atoms with Crippen LogP contribution in [-0.4, -0.2) is 18.6 Å². The molecule has 0 fully saturated rings. The second kappa shape index (κ2) is 9.35. The first-order chi connectivity index (χ1) is 3.27. The van der Waals surface area contributed by atoms with Crippen LogP contribution >= 0.6 is 9.12 Å². The van der Waals surface area contributed by atoms with E-state index >= 15 is 0 Å². The van der Waals surface area contributed by atoms with Crippen LogP contribution in [0.5, 0.6) is 0 Å². The largest absolute Gasteiger partial charge is 0.481 e.